The van der Waals surface area contributed by atoms with E-state index in [9.17, 15) is 13.6 Å². The topological polar surface area (TPSA) is 61.4 Å². The van der Waals surface area contributed by atoms with Crippen LogP contribution < -0.4 is 10.6 Å². The van der Waals surface area contributed by atoms with Crippen molar-refractivity contribution in [3.8, 4) is 0 Å². The Balaban J connectivity index is 1.96. The fourth-order valence-corrected chi connectivity index (χ4v) is 2.35. The summed E-state index contributed by atoms with van der Waals surface area (Å²) in [5.41, 5.74) is -0.262. The molecular formula is C13H15ClF2N2O2. The highest BCUT2D eigenvalue weighted by molar-refractivity contribution is 6.30. The van der Waals surface area contributed by atoms with Crippen LogP contribution in [0.1, 0.15) is 12.0 Å². The number of carbonyl (C=O) groups excluding carboxylic acids is 1. The number of carbonyl (C=O) groups is 1. The first-order valence-electron chi connectivity index (χ1n) is 6.27. The maximum Gasteiger partial charge on any atom is 0.237 e. The van der Waals surface area contributed by atoms with Crippen molar-refractivity contribution in [2.45, 2.75) is 19.0 Å². The Morgan fingerprint density at radius 1 is 1.50 bits per heavy atom. The number of amides is 1. The molecule has 2 atom stereocenters. The van der Waals surface area contributed by atoms with Crippen molar-refractivity contribution in [2.75, 3.05) is 13.2 Å². The summed E-state index contributed by atoms with van der Waals surface area (Å²) in [5, 5.41) is 14.2. The summed E-state index contributed by atoms with van der Waals surface area (Å²) in [6.07, 6.45) is 0.503. The molecule has 1 aromatic rings. The molecule has 0 radical (unpaired) electrons. The van der Waals surface area contributed by atoms with E-state index in [4.69, 9.17) is 16.7 Å². The molecule has 3 N–H and O–H groups in total. The molecule has 2 rings (SSSR count). The van der Waals surface area contributed by atoms with E-state index in [-0.39, 0.29) is 35.6 Å². The smallest absolute Gasteiger partial charge is 0.237 e. The SMILES string of the molecule is O=C(NCc1c(F)ccc(Cl)c1F)C1CC(CO)CN1. The first kappa shape index (κ1) is 15.2. The van der Waals surface area contributed by atoms with Gasteiger partial charge in [-0.05, 0) is 24.5 Å². The molecule has 1 saturated heterocycles. The van der Waals surface area contributed by atoms with E-state index >= 15 is 0 Å². The van der Waals surface area contributed by atoms with Crippen LogP contribution in [-0.2, 0) is 11.3 Å². The van der Waals surface area contributed by atoms with Crippen molar-refractivity contribution >= 4 is 17.5 Å². The van der Waals surface area contributed by atoms with Gasteiger partial charge < -0.3 is 15.7 Å². The molecule has 0 aliphatic carbocycles. The normalized spacial score (nSPS) is 22.0. The summed E-state index contributed by atoms with van der Waals surface area (Å²) in [7, 11) is 0. The van der Waals surface area contributed by atoms with Crippen molar-refractivity contribution in [2.24, 2.45) is 5.92 Å². The molecule has 1 heterocycles. The van der Waals surface area contributed by atoms with Gasteiger partial charge in [-0.25, -0.2) is 8.78 Å². The second-order valence-corrected chi connectivity index (χ2v) is 5.19. The van der Waals surface area contributed by atoms with Crippen LogP contribution in [0, 0.1) is 17.6 Å². The lowest BCUT2D eigenvalue weighted by Gasteiger charge is -2.12. The summed E-state index contributed by atoms with van der Waals surface area (Å²) in [4.78, 5) is 11.9. The van der Waals surface area contributed by atoms with Crippen LogP contribution in [0.2, 0.25) is 5.02 Å². The first-order chi connectivity index (χ1) is 9.52. The van der Waals surface area contributed by atoms with Crippen LogP contribution in [0.4, 0.5) is 8.78 Å². The molecule has 1 aliphatic heterocycles. The summed E-state index contributed by atoms with van der Waals surface area (Å²) >= 11 is 5.57. The molecule has 1 amide bonds. The lowest BCUT2D eigenvalue weighted by atomic mass is 10.1. The van der Waals surface area contributed by atoms with Crippen molar-refractivity contribution in [3.63, 3.8) is 0 Å². The van der Waals surface area contributed by atoms with Crippen molar-refractivity contribution in [1.82, 2.24) is 10.6 Å². The van der Waals surface area contributed by atoms with Crippen LogP contribution in [-0.4, -0.2) is 30.2 Å². The van der Waals surface area contributed by atoms with Crippen LogP contribution >= 0.6 is 11.6 Å². The predicted octanol–water partition coefficient (Wildman–Crippen LogP) is 1.20. The Morgan fingerprint density at radius 3 is 2.90 bits per heavy atom. The zero-order chi connectivity index (χ0) is 14.7. The highest BCUT2D eigenvalue weighted by Crippen LogP contribution is 2.21. The number of aliphatic hydroxyl groups excluding tert-OH is 1. The lowest BCUT2D eigenvalue weighted by molar-refractivity contribution is -0.123. The molecular weight excluding hydrogens is 290 g/mol. The Morgan fingerprint density at radius 2 is 2.25 bits per heavy atom. The number of hydrogen-bond donors (Lipinski definition) is 3. The quantitative estimate of drug-likeness (QED) is 0.733. The molecule has 20 heavy (non-hydrogen) atoms. The number of halogens is 3. The Hall–Kier alpha value is -1.24. The lowest BCUT2D eigenvalue weighted by Crippen LogP contribution is -2.40. The third-order valence-electron chi connectivity index (χ3n) is 3.37. The zero-order valence-electron chi connectivity index (χ0n) is 10.6. The maximum absolute atomic E-state index is 13.6. The van der Waals surface area contributed by atoms with Gasteiger partial charge in [-0.3, -0.25) is 4.79 Å². The number of benzene rings is 1. The van der Waals surface area contributed by atoms with Crippen molar-refractivity contribution < 1.29 is 18.7 Å². The maximum atomic E-state index is 13.6. The van der Waals surface area contributed by atoms with Crippen molar-refractivity contribution in [1.29, 1.82) is 0 Å². The molecule has 0 bridgehead atoms. The van der Waals surface area contributed by atoms with Gasteiger partial charge in [-0.2, -0.15) is 0 Å². The minimum Gasteiger partial charge on any atom is -0.396 e. The first-order valence-corrected chi connectivity index (χ1v) is 6.65. The van der Waals surface area contributed by atoms with E-state index in [0.29, 0.717) is 13.0 Å². The van der Waals surface area contributed by atoms with E-state index in [1.165, 1.54) is 0 Å². The summed E-state index contributed by atoms with van der Waals surface area (Å²) in [6, 6.07) is 1.74. The van der Waals surface area contributed by atoms with Crippen molar-refractivity contribution in [3.05, 3.63) is 34.4 Å². The van der Waals surface area contributed by atoms with Crippen LogP contribution in [0.3, 0.4) is 0 Å². The molecule has 0 spiro atoms. The molecule has 2 unspecified atom stereocenters. The van der Waals surface area contributed by atoms with E-state index in [2.05, 4.69) is 10.6 Å². The van der Waals surface area contributed by atoms with Gasteiger partial charge in [0.15, 0.2) is 0 Å². The monoisotopic (exact) mass is 304 g/mol. The third kappa shape index (κ3) is 3.26. The van der Waals surface area contributed by atoms with Gasteiger partial charge in [-0.1, -0.05) is 11.6 Å². The second-order valence-electron chi connectivity index (χ2n) is 4.78. The number of aliphatic hydroxyl groups is 1. The van der Waals surface area contributed by atoms with E-state index in [1.54, 1.807) is 0 Å². The van der Waals surface area contributed by atoms with Gasteiger partial charge >= 0.3 is 0 Å². The minimum atomic E-state index is -0.861. The summed E-state index contributed by atoms with van der Waals surface area (Å²) in [6.45, 7) is 0.293. The van der Waals surface area contributed by atoms with Gasteiger partial charge in [0.05, 0.1) is 11.1 Å². The largest absolute Gasteiger partial charge is 0.396 e. The molecule has 7 heteroatoms. The predicted molar refractivity (Wildman–Crippen MR) is 70.2 cm³/mol. The summed E-state index contributed by atoms with van der Waals surface area (Å²) < 4.78 is 27.1. The van der Waals surface area contributed by atoms with Gasteiger partial charge in [-0.15, -0.1) is 0 Å². The fourth-order valence-electron chi connectivity index (χ4n) is 2.18. The van der Waals surface area contributed by atoms with Gasteiger partial charge in [0.25, 0.3) is 0 Å². The van der Waals surface area contributed by atoms with E-state index in [0.717, 1.165) is 12.1 Å². The number of hydrogen-bond acceptors (Lipinski definition) is 3. The minimum absolute atomic E-state index is 0.00826. The van der Waals surface area contributed by atoms with Crippen LogP contribution in [0.25, 0.3) is 0 Å². The second kappa shape index (κ2) is 6.47. The Bertz CT molecular complexity index is 513. The summed E-state index contributed by atoms with van der Waals surface area (Å²) in [5.74, 6) is -1.93. The zero-order valence-corrected chi connectivity index (χ0v) is 11.4. The highest BCUT2D eigenvalue weighted by atomic mass is 35.5. The molecule has 4 nitrogen and oxygen atoms in total. The number of rotatable bonds is 4. The van der Waals surface area contributed by atoms with Gasteiger partial charge in [0, 0.05) is 25.3 Å². The highest BCUT2D eigenvalue weighted by Gasteiger charge is 2.29. The van der Waals surface area contributed by atoms with Crippen LogP contribution in [0.15, 0.2) is 12.1 Å². The fraction of sp³-hybridized carbons (Fsp3) is 0.462. The molecule has 0 aromatic heterocycles. The van der Waals surface area contributed by atoms with E-state index < -0.39 is 17.7 Å². The molecule has 1 aromatic carbocycles. The molecule has 1 fully saturated rings. The Kier molecular flexibility index (Phi) is 4.91. The van der Waals surface area contributed by atoms with Gasteiger partial charge in [0.1, 0.15) is 11.6 Å². The number of nitrogens with one attached hydrogen (secondary N) is 2. The molecule has 1 aliphatic rings. The van der Waals surface area contributed by atoms with Crippen LogP contribution in [0.5, 0.6) is 0 Å². The standard InChI is InChI=1S/C13H15ClF2N2O2/c14-9-1-2-10(15)8(12(9)16)5-18-13(20)11-3-7(6-19)4-17-11/h1-2,7,11,17,19H,3-6H2,(H,18,20). The molecule has 110 valence electrons. The van der Waals surface area contributed by atoms with Gasteiger partial charge in [0.2, 0.25) is 5.91 Å². The van der Waals surface area contributed by atoms with E-state index in [1.807, 2.05) is 0 Å². The molecule has 0 saturated carbocycles. The third-order valence-corrected chi connectivity index (χ3v) is 3.67. The average molecular weight is 305 g/mol. The Labute approximate surface area is 120 Å². The average Bonchev–Trinajstić information content (AvgIpc) is 2.92.